The Hall–Kier alpha value is -16.4. The van der Waals surface area contributed by atoms with Crippen LogP contribution in [0.5, 0.6) is 0 Å². The fourth-order valence-corrected chi connectivity index (χ4v) is 19.7. The quantitative estimate of drug-likeness (QED) is 0.0845. The summed E-state index contributed by atoms with van der Waals surface area (Å²) in [5.41, 5.74) is 30.1. The maximum Gasteiger partial charge on any atom is -0.00201 e. The Labute approximate surface area is 734 Å². The molecule has 24 aromatic carbocycles. The van der Waals surface area contributed by atoms with Gasteiger partial charge in [0.1, 0.15) is 0 Å². The zero-order chi connectivity index (χ0) is 83.6. The normalized spacial score (nSPS) is 11.3. The van der Waals surface area contributed by atoms with Crippen molar-refractivity contribution in [3.63, 3.8) is 0 Å². The SMILES string of the molecule is c1ccc(-c2c3ccccc3c(-c3ccc(-c4cc5ccccc5c5ccccc45)cc3)c3ccccc23)cc1.c1ccc(-c2ccc(-c3c4ccccc4c(-c4ccc(-c5ccccc5-c5ccccc5)cc4)c4ccccc34)cc2)cc1.c1ccc(-c2ccccc2-c2ccc(-c3c4ccccc4c(-c4cccc5ccccc45)c4ccccc34)cc2)cc1. The van der Waals surface area contributed by atoms with E-state index in [1.165, 1.54) is 230 Å². The first kappa shape index (κ1) is 75.8. The number of rotatable bonds is 12. The van der Waals surface area contributed by atoms with Gasteiger partial charge in [0, 0.05) is 0 Å². The van der Waals surface area contributed by atoms with Crippen LogP contribution in [-0.2, 0) is 0 Å². The van der Waals surface area contributed by atoms with Crippen molar-refractivity contribution >= 4 is 97.0 Å². The van der Waals surface area contributed by atoms with Crippen molar-refractivity contribution in [1.82, 2.24) is 0 Å². The second-order valence-electron chi connectivity index (χ2n) is 32.6. The molecule has 24 rings (SSSR count). The highest BCUT2D eigenvalue weighted by Crippen LogP contribution is 2.50. The minimum atomic E-state index is 1.22. The standard InChI is InChI=1S/C44H30.C42H28.C40H26/c1-3-13-31(14-4-1)32-23-27-35(28-24-32)43-39-19-9-11-21-41(39)44(42-22-12-10-20-40(42)43)36-29-25-34(26-30-36)38-18-8-7-17-37(38)33-15-5-2-6-16-33;1-2-13-29(14-3-1)33-17-6-7-18-34(33)31-25-27-32(28-26-31)41-37-20-8-10-22-39(37)42(40-23-11-9-21-38(40)41)36-24-12-16-30-15-4-5-19-35(30)36;1-2-12-28(13-3-1)39-34-18-8-10-20-36(34)40(37-21-11-9-19-35(37)39)29-24-22-27(23-25-29)38-26-30-14-4-5-15-31(30)32-16-6-7-17-33(32)38/h1-30H;1-28H;1-26H. The zero-order valence-electron chi connectivity index (χ0n) is 69.5. The summed E-state index contributed by atoms with van der Waals surface area (Å²) in [7, 11) is 0. The Morgan fingerprint density at radius 2 is 0.270 bits per heavy atom. The molecule has 0 saturated carbocycles. The van der Waals surface area contributed by atoms with Crippen LogP contribution in [0.2, 0.25) is 0 Å². The van der Waals surface area contributed by atoms with Crippen molar-refractivity contribution in [2.75, 3.05) is 0 Å². The maximum absolute atomic E-state index is 2.34. The van der Waals surface area contributed by atoms with Gasteiger partial charge in [-0.15, -0.1) is 0 Å². The summed E-state index contributed by atoms with van der Waals surface area (Å²) in [6, 6.07) is 185. The topological polar surface area (TPSA) is 0 Å². The van der Waals surface area contributed by atoms with Crippen molar-refractivity contribution in [3.05, 3.63) is 510 Å². The summed E-state index contributed by atoms with van der Waals surface area (Å²) in [6.07, 6.45) is 0. The molecule has 0 bridgehead atoms. The first-order valence-electron chi connectivity index (χ1n) is 43.6. The van der Waals surface area contributed by atoms with E-state index in [-0.39, 0.29) is 0 Å². The van der Waals surface area contributed by atoms with Gasteiger partial charge in [-0.1, -0.05) is 504 Å². The number of benzene rings is 24. The molecule has 126 heavy (non-hydrogen) atoms. The third-order valence-corrected chi connectivity index (χ3v) is 25.4. The molecule has 0 aliphatic rings. The minimum absolute atomic E-state index is 1.22. The molecule has 0 heteroatoms. The monoisotopic (exact) mass is 1600 g/mol. The van der Waals surface area contributed by atoms with Crippen molar-refractivity contribution in [1.29, 1.82) is 0 Å². The second kappa shape index (κ2) is 33.6. The molecule has 0 amide bonds. The van der Waals surface area contributed by atoms with Crippen molar-refractivity contribution in [3.8, 4) is 134 Å². The van der Waals surface area contributed by atoms with Gasteiger partial charge in [0.25, 0.3) is 0 Å². The van der Waals surface area contributed by atoms with Crippen LogP contribution in [-0.4, -0.2) is 0 Å². The van der Waals surface area contributed by atoms with Gasteiger partial charge in [-0.3, -0.25) is 0 Å². The van der Waals surface area contributed by atoms with Gasteiger partial charge in [0.15, 0.2) is 0 Å². The molecule has 0 saturated heterocycles. The number of hydrogen-bond acceptors (Lipinski definition) is 0. The van der Waals surface area contributed by atoms with Crippen LogP contribution in [0.4, 0.5) is 0 Å². The third-order valence-electron chi connectivity index (χ3n) is 25.4. The van der Waals surface area contributed by atoms with Crippen LogP contribution < -0.4 is 0 Å². The van der Waals surface area contributed by atoms with E-state index in [2.05, 4.69) is 510 Å². The summed E-state index contributed by atoms with van der Waals surface area (Å²) in [5.74, 6) is 0. The summed E-state index contributed by atoms with van der Waals surface area (Å²) in [5, 5.41) is 23.0. The van der Waals surface area contributed by atoms with E-state index in [0.717, 1.165) is 0 Å². The molecule has 0 aromatic heterocycles. The Morgan fingerprint density at radius 3 is 0.611 bits per heavy atom. The van der Waals surface area contributed by atoms with Crippen LogP contribution >= 0.6 is 0 Å². The Balaban J connectivity index is 0.000000112. The fraction of sp³-hybridized carbons (Fsp3) is 0. The van der Waals surface area contributed by atoms with E-state index in [9.17, 15) is 0 Å². The average molecular weight is 1600 g/mol. The molecule has 0 aliphatic carbocycles. The third kappa shape index (κ3) is 14.1. The maximum atomic E-state index is 2.34. The number of hydrogen-bond donors (Lipinski definition) is 0. The highest BCUT2D eigenvalue weighted by atomic mass is 14.3. The lowest BCUT2D eigenvalue weighted by Crippen LogP contribution is -1.92. The zero-order valence-corrected chi connectivity index (χ0v) is 69.5. The molecular weight excluding hydrogens is 1510 g/mol. The van der Waals surface area contributed by atoms with Gasteiger partial charge in [0.05, 0.1) is 0 Å². The van der Waals surface area contributed by atoms with E-state index >= 15 is 0 Å². The van der Waals surface area contributed by atoms with E-state index in [4.69, 9.17) is 0 Å². The molecule has 0 atom stereocenters. The van der Waals surface area contributed by atoms with Gasteiger partial charge >= 0.3 is 0 Å². The Morgan fingerprint density at radius 1 is 0.0794 bits per heavy atom. The first-order chi connectivity index (χ1) is 62.6. The van der Waals surface area contributed by atoms with Crippen molar-refractivity contribution < 1.29 is 0 Å². The van der Waals surface area contributed by atoms with Crippen LogP contribution in [0.15, 0.2) is 510 Å². The van der Waals surface area contributed by atoms with Crippen molar-refractivity contribution in [2.24, 2.45) is 0 Å². The van der Waals surface area contributed by atoms with E-state index in [0.29, 0.717) is 0 Å². The lowest BCUT2D eigenvalue weighted by molar-refractivity contribution is 1.58. The number of fused-ring (bicyclic) bond motifs is 10. The van der Waals surface area contributed by atoms with Gasteiger partial charge in [-0.05, 0) is 237 Å². The van der Waals surface area contributed by atoms with E-state index in [1.54, 1.807) is 0 Å². The minimum Gasteiger partial charge on any atom is -0.0622 e. The van der Waals surface area contributed by atoms with Crippen molar-refractivity contribution in [2.45, 2.75) is 0 Å². The lowest BCUT2D eigenvalue weighted by Gasteiger charge is -2.19. The molecule has 588 valence electrons. The van der Waals surface area contributed by atoms with Crippen LogP contribution in [0, 0.1) is 0 Å². The average Bonchev–Trinajstić information content (AvgIpc) is 0.741. The van der Waals surface area contributed by atoms with Crippen LogP contribution in [0.1, 0.15) is 0 Å². The molecular formula is C126H84. The first-order valence-corrected chi connectivity index (χ1v) is 43.6. The molecule has 0 unspecified atom stereocenters. The fourth-order valence-electron chi connectivity index (χ4n) is 19.7. The molecule has 0 nitrogen and oxygen atoms in total. The highest BCUT2D eigenvalue weighted by Gasteiger charge is 2.23. The van der Waals surface area contributed by atoms with E-state index < -0.39 is 0 Å². The summed E-state index contributed by atoms with van der Waals surface area (Å²) in [6.45, 7) is 0. The molecule has 0 fully saturated rings. The second-order valence-corrected chi connectivity index (χ2v) is 32.6. The van der Waals surface area contributed by atoms with Gasteiger partial charge in [-0.25, -0.2) is 0 Å². The lowest BCUT2D eigenvalue weighted by atomic mass is 9.84. The van der Waals surface area contributed by atoms with Gasteiger partial charge < -0.3 is 0 Å². The smallest absolute Gasteiger partial charge is 0.00201 e. The molecule has 0 spiro atoms. The Bertz CT molecular complexity index is 8000. The predicted octanol–water partition coefficient (Wildman–Crippen LogP) is 35.4. The van der Waals surface area contributed by atoms with Gasteiger partial charge in [-0.2, -0.15) is 0 Å². The highest BCUT2D eigenvalue weighted by molar-refractivity contribution is 6.26. The largest absolute Gasteiger partial charge is 0.0622 e. The molecule has 0 heterocycles. The molecule has 0 radical (unpaired) electrons. The van der Waals surface area contributed by atoms with Crippen LogP contribution in [0.25, 0.3) is 230 Å². The summed E-state index contributed by atoms with van der Waals surface area (Å²) < 4.78 is 0. The van der Waals surface area contributed by atoms with Crippen LogP contribution in [0.3, 0.4) is 0 Å². The van der Waals surface area contributed by atoms with E-state index in [1.807, 2.05) is 0 Å². The summed E-state index contributed by atoms with van der Waals surface area (Å²) >= 11 is 0. The predicted molar refractivity (Wildman–Crippen MR) is 542 cm³/mol. The molecule has 0 aliphatic heterocycles. The summed E-state index contributed by atoms with van der Waals surface area (Å²) in [4.78, 5) is 0. The molecule has 0 N–H and O–H groups in total. The Kier molecular flexibility index (Phi) is 20.2. The molecule has 24 aromatic rings. The van der Waals surface area contributed by atoms with Gasteiger partial charge in [0.2, 0.25) is 0 Å².